The van der Waals surface area contributed by atoms with E-state index in [0.717, 1.165) is 0 Å². The summed E-state index contributed by atoms with van der Waals surface area (Å²) in [6.07, 6.45) is 0. The molecule has 1 aromatic rings. The molecule has 0 radical (unpaired) electrons. The fourth-order valence-electron chi connectivity index (χ4n) is 0.349. The topological polar surface area (TPSA) is 0 Å². The van der Waals surface area contributed by atoms with E-state index in [2.05, 4.69) is 29.3 Å². The van der Waals surface area contributed by atoms with Gasteiger partial charge in [-0.15, -0.1) is 0 Å². The molecule has 0 aliphatic heterocycles. The molecule has 0 nitrogen and oxygen atoms in total. The maximum absolute atomic E-state index is 2.49. The molecular weight excluding hydrogens is 193 g/mol. The zero-order valence-electron chi connectivity index (χ0n) is 3.57. The zero-order chi connectivity index (χ0) is 5.11. The molecule has 0 N–H and O–H groups in total. The monoisotopic (exact) mass is 198 g/mol. The Balaban J connectivity index is 2.96. The molecule has 1 rings (SSSR count). The number of thiophene rings is 1. The molecule has 0 unspecified atom stereocenters. The van der Waals surface area contributed by atoms with Crippen molar-refractivity contribution in [2.75, 3.05) is 0 Å². The van der Waals surface area contributed by atoms with Gasteiger partial charge >= 0.3 is 56.2 Å². The minimum atomic E-state index is 1.32. The predicted molar refractivity (Wildman–Crippen MR) is 29.5 cm³/mol. The van der Waals surface area contributed by atoms with Gasteiger partial charge in [0, 0.05) is 0 Å². The molecular formula is C5H4RuS. The van der Waals surface area contributed by atoms with E-state index in [9.17, 15) is 0 Å². The van der Waals surface area contributed by atoms with E-state index < -0.39 is 0 Å². The van der Waals surface area contributed by atoms with Crippen LogP contribution in [0.3, 0.4) is 0 Å². The van der Waals surface area contributed by atoms with E-state index >= 15 is 0 Å². The van der Waals surface area contributed by atoms with Crippen molar-refractivity contribution >= 4 is 15.9 Å². The summed E-state index contributed by atoms with van der Waals surface area (Å²) in [4.78, 5) is 1.32. The SMILES string of the molecule is [Ru]=[CH]c1cccs1. The van der Waals surface area contributed by atoms with E-state index in [-0.39, 0.29) is 0 Å². The van der Waals surface area contributed by atoms with Crippen LogP contribution >= 0.6 is 11.3 Å². The summed E-state index contributed by atoms with van der Waals surface area (Å²) in [6, 6.07) is 4.13. The molecule has 0 fully saturated rings. The van der Waals surface area contributed by atoms with Crippen molar-refractivity contribution in [3.63, 3.8) is 0 Å². The second-order valence-electron chi connectivity index (χ2n) is 1.12. The van der Waals surface area contributed by atoms with E-state index in [0.29, 0.717) is 0 Å². The Morgan fingerprint density at radius 2 is 2.57 bits per heavy atom. The summed E-state index contributed by atoms with van der Waals surface area (Å²) < 4.78 is 2.03. The fraction of sp³-hybridized carbons (Fsp3) is 0. The molecule has 0 aliphatic carbocycles. The molecule has 0 amide bonds. The fourth-order valence-corrected chi connectivity index (χ4v) is 1.39. The molecule has 0 aromatic carbocycles. The second-order valence-corrected chi connectivity index (χ2v) is 2.60. The van der Waals surface area contributed by atoms with Crippen molar-refractivity contribution in [1.29, 1.82) is 0 Å². The first-order valence-electron chi connectivity index (χ1n) is 1.89. The third kappa shape index (κ3) is 1.29. The van der Waals surface area contributed by atoms with Crippen LogP contribution in [-0.2, 0) is 17.9 Å². The van der Waals surface area contributed by atoms with Crippen LogP contribution in [0.5, 0.6) is 0 Å². The zero-order valence-corrected chi connectivity index (χ0v) is 6.13. The number of hydrogen-bond donors (Lipinski definition) is 0. The van der Waals surface area contributed by atoms with E-state index in [1.54, 1.807) is 11.3 Å². The van der Waals surface area contributed by atoms with E-state index in [4.69, 9.17) is 0 Å². The van der Waals surface area contributed by atoms with Gasteiger partial charge in [-0.25, -0.2) is 0 Å². The Labute approximate surface area is 56.4 Å². The normalized spacial score (nSPS) is 8.71. The van der Waals surface area contributed by atoms with Crippen LogP contribution < -0.4 is 0 Å². The molecule has 1 aromatic heterocycles. The van der Waals surface area contributed by atoms with Crippen LogP contribution in [0, 0.1) is 0 Å². The second kappa shape index (κ2) is 2.49. The minimum absolute atomic E-state index is 1.32. The summed E-state index contributed by atoms with van der Waals surface area (Å²) in [5.41, 5.74) is 0. The molecule has 0 atom stereocenters. The quantitative estimate of drug-likeness (QED) is 0.598. The summed E-state index contributed by atoms with van der Waals surface area (Å²) in [5, 5.41) is 2.07. The predicted octanol–water partition coefficient (Wildman–Crippen LogP) is 1.45. The third-order valence-electron chi connectivity index (χ3n) is 0.644. The first-order chi connectivity index (χ1) is 3.43. The number of hydrogen-bond acceptors (Lipinski definition) is 1. The van der Waals surface area contributed by atoms with Crippen LogP contribution in [-0.4, -0.2) is 4.61 Å². The van der Waals surface area contributed by atoms with Crippen molar-refractivity contribution in [3.05, 3.63) is 22.4 Å². The van der Waals surface area contributed by atoms with Gasteiger partial charge in [0.15, 0.2) is 0 Å². The van der Waals surface area contributed by atoms with Gasteiger partial charge < -0.3 is 0 Å². The van der Waals surface area contributed by atoms with Crippen LogP contribution in [0.15, 0.2) is 17.5 Å². The van der Waals surface area contributed by atoms with E-state index in [1.165, 1.54) is 4.88 Å². The summed E-state index contributed by atoms with van der Waals surface area (Å²) in [6.45, 7) is 0. The molecule has 38 valence electrons. The molecule has 0 saturated heterocycles. The van der Waals surface area contributed by atoms with Crippen LogP contribution in [0.1, 0.15) is 4.88 Å². The molecule has 1 heterocycles. The Hall–Kier alpha value is 0.193. The Bertz CT molecular complexity index is 143. The van der Waals surface area contributed by atoms with Crippen molar-refractivity contribution in [1.82, 2.24) is 0 Å². The van der Waals surface area contributed by atoms with Crippen molar-refractivity contribution in [2.45, 2.75) is 0 Å². The third-order valence-corrected chi connectivity index (χ3v) is 2.33. The standard InChI is InChI=1S/C5H4S.Ru/c1-5-3-2-4-6-5;/h1-4H;. The van der Waals surface area contributed by atoms with Gasteiger partial charge in [0.1, 0.15) is 0 Å². The van der Waals surface area contributed by atoms with Gasteiger partial charge in [-0.3, -0.25) is 0 Å². The van der Waals surface area contributed by atoms with Gasteiger partial charge in [-0.05, 0) is 0 Å². The molecule has 0 spiro atoms. The first kappa shape index (κ1) is 5.33. The summed E-state index contributed by atoms with van der Waals surface area (Å²) in [5.74, 6) is 0. The molecule has 7 heavy (non-hydrogen) atoms. The summed E-state index contributed by atoms with van der Waals surface area (Å²) >= 11 is 4.24. The van der Waals surface area contributed by atoms with Crippen molar-refractivity contribution < 1.29 is 17.9 Å². The van der Waals surface area contributed by atoms with Gasteiger partial charge in [0.05, 0.1) is 0 Å². The summed E-state index contributed by atoms with van der Waals surface area (Å²) in [7, 11) is 0. The Morgan fingerprint density at radius 1 is 1.71 bits per heavy atom. The number of rotatable bonds is 1. The van der Waals surface area contributed by atoms with Crippen molar-refractivity contribution in [2.24, 2.45) is 0 Å². The van der Waals surface area contributed by atoms with Gasteiger partial charge in [-0.1, -0.05) is 0 Å². The van der Waals surface area contributed by atoms with E-state index in [1.807, 2.05) is 10.7 Å². The van der Waals surface area contributed by atoms with Crippen LogP contribution in [0.2, 0.25) is 0 Å². The van der Waals surface area contributed by atoms with Gasteiger partial charge in [0.2, 0.25) is 0 Å². The molecule has 0 bridgehead atoms. The first-order valence-corrected chi connectivity index (χ1v) is 3.77. The maximum atomic E-state index is 2.49. The Kier molecular flexibility index (Phi) is 1.90. The van der Waals surface area contributed by atoms with Crippen LogP contribution in [0.25, 0.3) is 0 Å². The average Bonchev–Trinajstić information content (AvgIpc) is 2.14. The molecule has 2 heteroatoms. The van der Waals surface area contributed by atoms with Crippen molar-refractivity contribution in [3.8, 4) is 0 Å². The molecule has 0 aliphatic rings. The van der Waals surface area contributed by atoms with Crippen LogP contribution in [0.4, 0.5) is 0 Å². The Morgan fingerprint density at radius 3 is 2.86 bits per heavy atom. The van der Waals surface area contributed by atoms with Gasteiger partial charge in [0.25, 0.3) is 0 Å². The average molecular weight is 197 g/mol. The molecule has 0 saturated carbocycles. The van der Waals surface area contributed by atoms with Gasteiger partial charge in [-0.2, -0.15) is 0 Å².